The van der Waals surface area contributed by atoms with E-state index in [1.165, 1.54) is 6.92 Å². The smallest absolute Gasteiger partial charge is 0.202 e. The Balaban J connectivity index is 3.21. The molecule has 0 saturated carbocycles. The number of aromatic nitrogens is 2. The van der Waals surface area contributed by atoms with Crippen molar-refractivity contribution >= 4 is 27.5 Å². The SMILES string of the molecule is CC(=O)C#Cc1nc(Br)cnc1N(C)C. The highest BCUT2D eigenvalue weighted by molar-refractivity contribution is 9.10. The van der Waals surface area contributed by atoms with Crippen molar-refractivity contribution in [3.8, 4) is 11.8 Å². The van der Waals surface area contributed by atoms with Crippen LogP contribution < -0.4 is 4.90 Å². The zero-order valence-corrected chi connectivity index (χ0v) is 10.3. The standard InChI is InChI=1S/C10H10BrN3O/c1-7(15)4-5-8-10(14(2)3)12-6-9(11)13-8/h6H,1-3H3. The van der Waals surface area contributed by atoms with Crippen molar-refractivity contribution in [2.45, 2.75) is 6.92 Å². The van der Waals surface area contributed by atoms with Crippen LogP contribution in [0.5, 0.6) is 0 Å². The molecule has 1 aromatic rings. The Morgan fingerprint density at radius 1 is 1.53 bits per heavy atom. The highest BCUT2D eigenvalue weighted by Gasteiger charge is 2.06. The minimum absolute atomic E-state index is 0.193. The lowest BCUT2D eigenvalue weighted by atomic mass is 10.3. The first-order chi connectivity index (χ1) is 7.00. The fourth-order valence-electron chi connectivity index (χ4n) is 0.920. The maximum Gasteiger partial charge on any atom is 0.202 e. The fraction of sp³-hybridized carbons (Fsp3) is 0.300. The first kappa shape index (κ1) is 11.7. The molecule has 0 N–H and O–H groups in total. The molecule has 0 aliphatic heterocycles. The number of rotatable bonds is 1. The van der Waals surface area contributed by atoms with Gasteiger partial charge in [0.05, 0.1) is 6.20 Å². The molecular weight excluding hydrogens is 258 g/mol. The number of halogens is 1. The summed E-state index contributed by atoms with van der Waals surface area (Å²) in [4.78, 5) is 20.8. The monoisotopic (exact) mass is 267 g/mol. The number of carbonyl (C=O) groups is 1. The molecule has 0 saturated heterocycles. The summed E-state index contributed by atoms with van der Waals surface area (Å²) < 4.78 is 0.598. The van der Waals surface area contributed by atoms with Gasteiger partial charge in [-0.3, -0.25) is 4.79 Å². The Labute approximate surface area is 96.8 Å². The van der Waals surface area contributed by atoms with E-state index in [4.69, 9.17) is 0 Å². The molecule has 1 heterocycles. The Hall–Kier alpha value is -1.41. The molecule has 0 spiro atoms. The van der Waals surface area contributed by atoms with Crippen LogP contribution in [-0.2, 0) is 4.79 Å². The van der Waals surface area contributed by atoms with Gasteiger partial charge >= 0.3 is 0 Å². The van der Waals surface area contributed by atoms with Crippen LogP contribution in [0.2, 0.25) is 0 Å². The van der Waals surface area contributed by atoms with Crippen LogP contribution >= 0.6 is 15.9 Å². The minimum atomic E-state index is -0.193. The number of carbonyl (C=O) groups excluding carboxylic acids is 1. The van der Waals surface area contributed by atoms with Gasteiger partial charge in [-0.05, 0) is 27.8 Å². The normalized spacial score (nSPS) is 9.07. The van der Waals surface area contributed by atoms with Crippen LogP contribution in [0.15, 0.2) is 10.8 Å². The van der Waals surface area contributed by atoms with Crippen molar-refractivity contribution in [3.63, 3.8) is 0 Å². The highest BCUT2D eigenvalue weighted by atomic mass is 79.9. The van der Waals surface area contributed by atoms with E-state index >= 15 is 0 Å². The van der Waals surface area contributed by atoms with Gasteiger partial charge in [-0.2, -0.15) is 0 Å². The van der Waals surface area contributed by atoms with Crippen LogP contribution in [-0.4, -0.2) is 29.8 Å². The van der Waals surface area contributed by atoms with Crippen molar-refractivity contribution in [2.24, 2.45) is 0 Å². The average molecular weight is 268 g/mol. The third kappa shape index (κ3) is 3.33. The Morgan fingerprint density at radius 3 is 2.73 bits per heavy atom. The zero-order chi connectivity index (χ0) is 11.4. The molecule has 0 aliphatic carbocycles. The van der Waals surface area contributed by atoms with E-state index in [-0.39, 0.29) is 5.78 Å². The molecule has 78 valence electrons. The predicted molar refractivity (Wildman–Crippen MR) is 61.6 cm³/mol. The van der Waals surface area contributed by atoms with Crippen LogP contribution in [0.3, 0.4) is 0 Å². The number of anilines is 1. The van der Waals surface area contributed by atoms with Gasteiger partial charge in [-0.15, -0.1) is 0 Å². The summed E-state index contributed by atoms with van der Waals surface area (Å²) >= 11 is 3.21. The van der Waals surface area contributed by atoms with Crippen molar-refractivity contribution in [1.29, 1.82) is 0 Å². The van der Waals surface area contributed by atoms with Gasteiger partial charge in [0.15, 0.2) is 11.5 Å². The maximum atomic E-state index is 10.7. The Bertz CT molecular complexity index is 446. The summed E-state index contributed by atoms with van der Waals surface area (Å²) in [5.41, 5.74) is 0.490. The molecule has 0 amide bonds. The molecule has 0 aliphatic rings. The predicted octanol–water partition coefficient (Wildman–Crippen LogP) is 1.25. The lowest BCUT2D eigenvalue weighted by molar-refractivity contribution is -0.111. The van der Waals surface area contributed by atoms with E-state index in [0.717, 1.165) is 0 Å². The maximum absolute atomic E-state index is 10.7. The minimum Gasteiger partial charge on any atom is -0.360 e. The number of ketones is 1. The van der Waals surface area contributed by atoms with Crippen molar-refractivity contribution in [3.05, 3.63) is 16.5 Å². The largest absolute Gasteiger partial charge is 0.360 e. The molecule has 0 unspecified atom stereocenters. The summed E-state index contributed by atoms with van der Waals surface area (Å²) in [6.07, 6.45) is 1.59. The molecule has 15 heavy (non-hydrogen) atoms. The lowest BCUT2D eigenvalue weighted by Gasteiger charge is -2.11. The van der Waals surface area contributed by atoms with E-state index in [1.54, 1.807) is 11.1 Å². The van der Waals surface area contributed by atoms with Crippen molar-refractivity contribution in [1.82, 2.24) is 9.97 Å². The molecular formula is C10H10BrN3O. The second-order valence-electron chi connectivity index (χ2n) is 3.07. The third-order valence-electron chi connectivity index (χ3n) is 1.50. The molecule has 0 atom stereocenters. The summed E-state index contributed by atoms with van der Waals surface area (Å²) in [5, 5.41) is 0. The van der Waals surface area contributed by atoms with Crippen LogP contribution in [0.25, 0.3) is 0 Å². The van der Waals surface area contributed by atoms with Gasteiger partial charge in [-0.1, -0.05) is 0 Å². The number of hydrogen-bond donors (Lipinski definition) is 0. The second kappa shape index (κ2) is 4.89. The molecule has 4 nitrogen and oxygen atoms in total. The van der Waals surface area contributed by atoms with Gasteiger partial charge in [-0.25, -0.2) is 9.97 Å². The number of nitrogens with zero attached hydrogens (tertiary/aromatic N) is 3. The molecule has 0 radical (unpaired) electrons. The molecule has 1 aromatic heterocycles. The summed E-state index contributed by atoms with van der Waals surface area (Å²) in [6.45, 7) is 1.41. The molecule has 0 aromatic carbocycles. The molecule has 5 heteroatoms. The highest BCUT2D eigenvalue weighted by Crippen LogP contribution is 2.14. The quantitative estimate of drug-likeness (QED) is 0.719. The van der Waals surface area contributed by atoms with Gasteiger partial charge < -0.3 is 4.90 Å². The van der Waals surface area contributed by atoms with Gasteiger partial charge in [0.2, 0.25) is 5.78 Å². The van der Waals surface area contributed by atoms with E-state index in [9.17, 15) is 4.79 Å². The fourth-order valence-corrected chi connectivity index (χ4v) is 1.20. The summed E-state index contributed by atoms with van der Waals surface area (Å²) in [7, 11) is 3.69. The van der Waals surface area contributed by atoms with Gasteiger partial charge in [0.25, 0.3) is 0 Å². The van der Waals surface area contributed by atoms with Crippen LogP contribution in [0.4, 0.5) is 5.82 Å². The topological polar surface area (TPSA) is 46.1 Å². The van der Waals surface area contributed by atoms with Crippen LogP contribution in [0.1, 0.15) is 12.6 Å². The number of Topliss-reactive ketones (excluding diaryl/α,β-unsaturated/α-hetero) is 1. The van der Waals surface area contributed by atoms with E-state index in [2.05, 4.69) is 37.7 Å². The van der Waals surface area contributed by atoms with Gasteiger partial charge in [0.1, 0.15) is 4.60 Å². The first-order valence-corrected chi connectivity index (χ1v) is 5.02. The van der Waals surface area contributed by atoms with E-state index in [0.29, 0.717) is 16.1 Å². The van der Waals surface area contributed by atoms with Gasteiger partial charge in [0, 0.05) is 21.0 Å². The van der Waals surface area contributed by atoms with Crippen molar-refractivity contribution < 1.29 is 4.79 Å². The molecule has 1 rings (SSSR count). The average Bonchev–Trinajstić information content (AvgIpc) is 2.14. The second-order valence-corrected chi connectivity index (χ2v) is 3.88. The number of hydrogen-bond acceptors (Lipinski definition) is 4. The summed E-state index contributed by atoms with van der Waals surface area (Å²) in [5.74, 6) is 5.59. The lowest BCUT2D eigenvalue weighted by Crippen LogP contribution is -2.13. The first-order valence-electron chi connectivity index (χ1n) is 4.23. The molecule has 0 fully saturated rings. The van der Waals surface area contributed by atoms with E-state index in [1.807, 2.05) is 14.1 Å². The Morgan fingerprint density at radius 2 is 2.20 bits per heavy atom. The zero-order valence-electron chi connectivity index (χ0n) is 8.71. The summed E-state index contributed by atoms with van der Waals surface area (Å²) in [6, 6.07) is 0. The third-order valence-corrected chi connectivity index (χ3v) is 1.89. The van der Waals surface area contributed by atoms with Crippen molar-refractivity contribution in [2.75, 3.05) is 19.0 Å². The Kier molecular flexibility index (Phi) is 3.81. The van der Waals surface area contributed by atoms with Crippen LogP contribution in [0, 0.1) is 11.8 Å². The molecule has 0 bridgehead atoms. The van der Waals surface area contributed by atoms with E-state index < -0.39 is 0 Å².